The predicted molar refractivity (Wildman–Crippen MR) is 105 cm³/mol. The number of carbonyl (C=O) groups is 1. The number of H-pyrrole nitrogens is 1. The SMILES string of the molecule is COc1cc(-c2cn[nH]c2)ccc1NC(=O)[C@@H]1CNC[C@H]1c1ccccc1. The van der Waals surface area contributed by atoms with Crippen LogP contribution in [0.15, 0.2) is 60.9 Å². The molecule has 2 aromatic carbocycles. The molecule has 0 radical (unpaired) electrons. The summed E-state index contributed by atoms with van der Waals surface area (Å²) in [5.41, 5.74) is 3.80. The Morgan fingerprint density at radius 2 is 2.00 bits per heavy atom. The Morgan fingerprint density at radius 1 is 1.15 bits per heavy atom. The van der Waals surface area contributed by atoms with Gasteiger partial charge in [-0.3, -0.25) is 9.89 Å². The molecule has 3 N–H and O–H groups in total. The highest BCUT2D eigenvalue weighted by atomic mass is 16.5. The summed E-state index contributed by atoms with van der Waals surface area (Å²) in [6.45, 7) is 1.47. The maximum atomic E-state index is 13.0. The molecule has 1 saturated heterocycles. The van der Waals surface area contributed by atoms with E-state index >= 15 is 0 Å². The molecule has 6 nitrogen and oxygen atoms in total. The van der Waals surface area contributed by atoms with Crippen LogP contribution < -0.4 is 15.4 Å². The molecule has 2 heterocycles. The summed E-state index contributed by atoms with van der Waals surface area (Å²) in [7, 11) is 1.61. The Bertz CT molecular complexity index is 909. The number of aromatic amines is 1. The molecule has 0 aliphatic carbocycles. The molecule has 0 bridgehead atoms. The first-order chi connectivity index (χ1) is 13.3. The zero-order valence-corrected chi connectivity index (χ0v) is 15.1. The van der Waals surface area contributed by atoms with Crippen molar-refractivity contribution in [2.75, 3.05) is 25.5 Å². The van der Waals surface area contributed by atoms with Crippen molar-refractivity contribution in [3.8, 4) is 16.9 Å². The van der Waals surface area contributed by atoms with E-state index in [4.69, 9.17) is 4.74 Å². The predicted octanol–water partition coefficient (Wildman–Crippen LogP) is 3.03. The number of aromatic nitrogens is 2. The largest absolute Gasteiger partial charge is 0.495 e. The Kier molecular flexibility index (Phi) is 4.89. The molecular formula is C21H22N4O2. The van der Waals surface area contributed by atoms with E-state index in [2.05, 4.69) is 33.0 Å². The molecule has 0 unspecified atom stereocenters. The van der Waals surface area contributed by atoms with Gasteiger partial charge in [-0.05, 0) is 23.3 Å². The van der Waals surface area contributed by atoms with Gasteiger partial charge in [0.1, 0.15) is 5.75 Å². The third-order valence-corrected chi connectivity index (χ3v) is 5.07. The first-order valence-electron chi connectivity index (χ1n) is 9.00. The van der Waals surface area contributed by atoms with Gasteiger partial charge in [0.2, 0.25) is 5.91 Å². The average molecular weight is 362 g/mol. The van der Waals surface area contributed by atoms with Gasteiger partial charge in [-0.2, -0.15) is 5.10 Å². The molecule has 1 aromatic heterocycles. The molecule has 138 valence electrons. The lowest BCUT2D eigenvalue weighted by Gasteiger charge is -2.19. The maximum absolute atomic E-state index is 13.0. The fraction of sp³-hybridized carbons (Fsp3) is 0.238. The summed E-state index contributed by atoms with van der Waals surface area (Å²) in [5.74, 6) is 0.681. The van der Waals surface area contributed by atoms with E-state index in [0.29, 0.717) is 18.0 Å². The second-order valence-electron chi connectivity index (χ2n) is 6.67. The van der Waals surface area contributed by atoms with E-state index in [0.717, 1.165) is 17.7 Å². The number of hydrogen-bond donors (Lipinski definition) is 3. The molecule has 1 aliphatic rings. The maximum Gasteiger partial charge on any atom is 0.229 e. The number of ether oxygens (including phenoxy) is 1. The van der Waals surface area contributed by atoms with Crippen molar-refractivity contribution >= 4 is 11.6 Å². The van der Waals surface area contributed by atoms with E-state index in [1.54, 1.807) is 13.3 Å². The normalized spacial score (nSPS) is 19.0. The molecule has 1 amide bonds. The van der Waals surface area contributed by atoms with Crippen LogP contribution in [0.25, 0.3) is 11.1 Å². The van der Waals surface area contributed by atoms with Gasteiger partial charge in [0.15, 0.2) is 0 Å². The van der Waals surface area contributed by atoms with Crippen molar-refractivity contribution in [3.63, 3.8) is 0 Å². The van der Waals surface area contributed by atoms with Crippen LogP contribution in [0, 0.1) is 5.92 Å². The van der Waals surface area contributed by atoms with Crippen LogP contribution in [0.5, 0.6) is 5.75 Å². The minimum atomic E-state index is -0.120. The number of benzene rings is 2. The van der Waals surface area contributed by atoms with Crippen molar-refractivity contribution in [1.29, 1.82) is 0 Å². The van der Waals surface area contributed by atoms with E-state index in [1.165, 1.54) is 5.56 Å². The molecule has 6 heteroatoms. The average Bonchev–Trinajstić information content (AvgIpc) is 3.41. The zero-order valence-electron chi connectivity index (χ0n) is 15.1. The lowest BCUT2D eigenvalue weighted by atomic mass is 9.88. The highest BCUT2D eigenvalue weighted by Gasteiger charge is 2.34. The van der Waals surface area contributed by atoms with Crippen LogP contribution in [-0.4, -0.2) is 36.3 Å². The molecular weight excluding hydrogens is 340 g/mol. The first kappa shape index (κ1) is 17.3. The Balaban J connectivity index is 1.54. The lowest BCUT2D eigenvalue weighted by Crippen LogP contribution is -2.28. The van der Waals surface area contributed by atoms with Crippen molar-refractivity contribution in [3.05, 3.63) is 66.5 Å². The summed E-state index contributed by atoms with van der Waals surface area (Å²) >= 11 is 0. The van der Waals surface area contributed by atoms with Crippen LogP contribution in [-0.2, 0) is 4.79 Å². The molecule has 0 spiro atoms. The third kappa shape index (κ3) is 3.57. The number of carbonyl (C=O) groups excluding carboxylic acids is 1. The van der Waals surface area contributed by atoms with Gasteiger partial charge in [0.25, 0.3) is 0 Å². The summed E-state index contributed by atoms with van der Waals surface area (Å²) in [4.78, 5) is 13.0. The van der Waals surface area contributed by atoms with Crippen LogP contribution in [0.1, 0.15) is 11.5 Å². The van der Waals surface area contributed by atoms with Gasteiger partial charge in [0.05, 0.1) is 24.9 Å². The van der Waals surface area contributed by atoms with Crippen LogP contribution in [0.2, 0.25) is 0 Å². The van der Waals surface area contributed by atoms with Gasteiger partial charge in [0, 0.05) is 30.8 Å². The highest BCUT2D eigenvalue weighted by Crippen LogP contribution is 2.33. The molecule has 1 aliphatic heterocycles. The Morgan fingerprint density at radius 3 is 2.74 bits per heavy atom. The van der Waals surface area contributed by atoms with Crippen LogP contribution in [0.3, 0.4) is 0 Å². The number of methoxy groups -OCH3 is 1. The van der Waals surface area contributed by atoms with Crippen molar-refractivity contribution in [2.45, 2.75) is 5.92 Å². The highest BCUT2D eigenvalue weighted by molar-refractivity contribution is 5.95. The number of nitrogens with zero attached hydrogens (tertiary/aromatic N) is 1. The summed E-state index contributed by atoms with van der Waals surface area (Å²) in [6.07, 6.45) is 3.57. The van der Waals surface area contributed by atoms with Crippen molar-refractivity contribution in [1.82, 2.24) is 15.5 Å². The monoisotopic (exact) mass is 362 g/mol. The number of anilines is 1. The zero-order chi connectivity index (χ0) is 18.6. The molecule has 3 aromatic rings. The number of hydrogen-bond acceptors (Lipinski definition) is 4. The van der Waals surface area contributed by atoms with E-state index in [1.807, 2.05) is 42.6 Å². The molecule has 0 saturated carbocycles. The smallest absolute Gasteiger partial charge is 0.229 e. The summed E-state index contributed by atoms with van der Waals surface area (Å²) in [5, 5.41) is 13.2. The minimum absolute atomic E-state index is 0.00298. The van der Waals surface area contributed by atoms with Gasteiger partial charge >= 0.3 is 0 Å². The van der Waals surface area contributed by atoms with Gasteiger partial charge < -0.3 is 15.4 Å². The number of nitrogens with one attached hydrogen (secondary N) is 3. The van der Waals surface area contributed by atoms with Gasteiger partial charge in [-0.1, -0.05) is 36.4 Å². The quantitative estimate of drug-likeness (QED) is 0.652. The fourth-order valence-corrected chi connectivity index (χ4v) is 3.61. The standard InChI is InChI=1S/C21H22N4O2/c1-27-20-9-15(16-10-23-24-11-16)7-8-19(20)25-21(26)18-13-22-12-17(18)14-5-3-2-4-6-14/h2-11,17-18,22H,12-13H2,1H3,(H,23,24)(H,25,26)/t17-,18+/m0/s1. The number of rotatable bonds is 5. The summed E-state index contributed by atoms with van der Waals surface area (Å²) in [6, 6.07) is 15.9. The molecule has 4 rings (SSSR count). The van der Waals surface area contributed by atoms with Gasteiger partial charge in [-0.25, -0.2) is 0 Å². The number of amides is 1. The Labute approximate surface area is 158 Å². The van der Waals surface area contributed by atoms with Crippen LogP contribution in [0.4, 0.5) is 5.69 Å². The van der Waals surface area contributed by atoms with Crippen molar-refractivity contribution < 1.29 is 9.53 Å². The summed E-state index contributed by atoms with van der Waals surface area (Å²) < 4.78 is 5.50. The van der Waals surface area contributed by atoms with E-state index in [-0.39, 0.29) is 17.7 Å². The van der Waals surface area contributed by atoms with Crippen LogP contribution >= 0.6 is 0 Å². The van der Waals surface area contributed by atoms with Crippen molar-refractivity contribution in [2.24, 2.45) is 5.92 Å². The second-order valence-corrected chi connectivity index (χ2v) is 6.67. The van der Waals surface area contributed by atoms with Gasteiger partial charge in [-0.15, -0.1) is 0 Å². The topological polar surface area (TPSA) is 79.0 Å². The second kappa shape index (κ2) is 7.63. The first-order valence-corrected chi connectivity index (χ1v) is 9.00. The Hall–Kier alpha value is -3.12. The van der Waals surface area contributed by atoms with E-state index in [9.17, 15) is 4.79 Å². The minimum Gasteiger partial charge on any atom is -0.495 e. The van der Waals surface area contributed by atoms with E-state index < -0.39 is 0 Å². The third-order valence-electron chi connectivity index (χ3n) is 5.07. The molecule has 1 fully saturated rings. The molecule has 27 heavy (non-hydrogen) atoms. The molecule has 2 atom stereocenters. The lowest BCUT2D eigenvalue weighted by molar-refractivity contribution is -0.119. The fourth-order valence-electron chi connectivity index (χ4n) is 3.61.